The zero-order chi connectivity index (χ0) is 46.2. The summed E-state index contributed by atoms with van der Waals surface area (Å²) >= 11 is 0. The van der Waals surface area contributed by atoms with E-state index in [0.29, 0.717) is 24.3 Å². The van der Waals surface area contributed by atoms with E-state index in [2.05, 4.69) is 0 Å². The van der Waals surface area contributed by atoms with Crippen LogP contribution in [0.4, 0.5) is 96.6 Å². The van der Waals surface area contributed by atoms with Crippen LogP contribution in [0, 0.1) is 68.6 Å². The van der Waals surface area contributed by atoms with Gasteiger partial charge in [-0.25, -0.2) is 37.5 Å². The second-order valence-electron chi connectivity index (χ2n) is 10.9. The highest BCUT2D eigenvalue weighted by molar-refractivity contribution is 6.12. The molecule has 0 N–H and O–H groups in total. The fourth-order valence-corrected chi connectivity index (χ4v) is 5.07. The molecule has 0 aliphatic heterocycles. The summed E-state index contributed by atoms with van der Waals surface area (Å²) in [6.45, 7) is 0. The van der Waals surface area contributed by atoms with Crippen molar-refractivity contribution in [3.8, 4) is 24.3 Å². The van der Waals surface area contributed by atoms with Gasteiger partial charge >= 0.3 is 37.1 Å². The smallest absolute Gasteiger partial charge is 0.219 e. The van der Waals surface area contributed by atoms with E-state index in [1.54, 1.807) is 0 Å². The van der Waals surface area contributed by atoms with E-state index in [1.807, 2.05) is 19.9 Å². The Morgan fingerprint density at radius 3 is 0.767 bits per heavy atom. The van der Waals surface area contributed by atoms with Gasteiger partial charge in [0.15, 0.2) is 46.0 Å². The molecule has 0 saturated heterocycles. The van der Waals surface area contributed by atoms with Crippen molar-refractivity contribution < 1.29 is 96.6 Å². The molecular weight excluding hydrogens is 890 g/mol. The minimum atomic E-state index is -6.65. The Labute approximate surface area is 312 Å². The summed E-state index contributed by atoms with van der Waals surface area (Å²) in [7, 11) is 0. The maximum Gasteiger partial charge on any atom is 0.451 e. The first-order valence-electron chi connectivity index (χ1n) is 14.1. The number of hydrogen-bond donors (Lipinski definition) is 0. The molecule has 1 aliphatic carbocycles. The molecule has 1 aromatic carbocycles. The van der Waals surface area contributed by atoms with Gasteiger partial charge in [0, 0.05) is 16.7 Å². The van der Waals surface area contributed by atoms with E-state index in [0.717, 1.165) is 0 Å². The second-order valence-corrected chi connectivity index (χ2v) is 10.9. The number of halogens is 22. The SMILES string of the molecule is N#CC(=C1C(=C(\C#N)c2c(C(F)(F)F)nc(C(F)(F)F)nc2C(F)(F)F)/C1=C(/C#N)c1c(C(F)(F)F)nc(C(F)(F)F)nc1C(F)(F)F)c1c(F)c(F)c(C#N)c(F)c1F. The summed E-state index contributed by atoms with van der Waals surface area (Å²) in [6, 6.07) is 1.92. The van der Waals surface area contributed by atoms with E-state index < -0.39 is 150 Å². The summed E-state index contributed by atoms with van der Waals surface area (Å²) in [5.41, 5.74) is -39.3. The molecule has 2 heterocycles. The van der Waals surface area contributed by atoms with Crippen molar-refractivity contribution in [1.82, 2.24) is 19.9 Å². The van der Waals surface area contributed by atoms with Crippen molar-refractivity contribution in [2.45, 2.75) is 37.1 Å². The van der Waals surface area contributed by atoms with Crippen molar-refractivity contribution in [3.63, 3.8) is 0 Å². The summed E-state index contributed by atoms with van der Waals surface area (Å²) < 4.78 is 312. The minimum Gasteiger partial charge on any atom is -0.219 e. The minimum absolute atomic E-state index is 0.401. The number of allylic oxidation sites excluding steroid dienone is 6. The van der Waals surface area contributed by atoms with Crippen LogP contribution in [-0.4, -0.2) is 19.9 Å². The molecule has 8 nitrogen and oxygen atoms in total. The number of rotatable bonds is 3. The lowest BCUT2D eigenvalue weighted by atomic mass is 9.98. The second kappa shape index (κ2) is 14.4. The number of nitrogens with zero attached hydrogens (tertiary/aromatic N) is 8. The van der Waals surface area contributed by atoms with Crippen molar-refractivity contribution in [2.24, 2.45) is 0 Å². The molecule has 1 fully saturated rings. The van der Waals surface area contributed by atoms with Gasteiger partial charge in [-0.1, -0.05) is 0 Å². The van der Waals surface area contributed by atoms with Crippen LogP contribution in [0.1, 0.15) is 56.7 Å². The summed E-state index contributed by atoms with van der Waals surface area (Å²) in [5.74, 6) is -18.1. The number of nitriles is 4. The Morgan fingerprint density at radius 2 is 0.583 bits per heavy atom. The van der Waals surface area contributed by atoms with Crippen LogP contribution < -0.4 is 0 Å². The van der Waals surface area contributed by atoms with Crippen LogP contribution in [0.2, 0.25) is 0 Å². The zero-order valence-electron chi connectivity index (χ0n) is 26.9. The molecule has 30 heteroatoms. The van der Waals surface area contributed by atoms with E-state index in [1.165, 1.54) is 0 Å². The van der Waals surface area contributed by atoms with Gasteiger partial charge in [0.2, 0.25) is 11.6 Å². The average Bonchev–Trinajstić information content (AvgIpc) is 3.80. The predicted molar refractivity (Wildman–Crippen MR) is 143 cm³/mol. The molecule has 2 aromatic heterocycles. The van der Waals surface area contributed by atoms with Gasteiger partial charge in [-0.2, -0.15) is 100 Å². The number of benzene rings is 1. The highest BCUT2D eigenvalue weighted by Crippen LogP contribution is 2.59. The Morgan fingerprint density at radius 1 is 0.350 bits per heavy atom. The molecule has 3 aromatic rings. The maximum atomic E-state index is 15.2. The lowest BCUT2D eigenvalue weighted by Gasteiger charge is -2.19. The highest BCUT2D eigenvalue weighted by atomic mass is 19.4. The molecule has 0 radical (unpaired) electrons. The van der Waals surface area contributed by atoms with Crippen LogP contribution in [0.15, 0.2) is 16.7 Å². The Kier molecular flexibility index (Phi) is 11.0. The molecule has 0 spiro atoms. The summed E-state index contributed by atoms with van der Waals surface area (Å²) in [6.07, 6.45) is -39.3. The molecule has 1 saturated carbocycles. The number of hydrogen-bond acceptors (Lipinski definition) is 8. The third kappa shape index (κ3) is 7.91. The molecule has 0 bridgehead atoms. The van der Waals surface area contributed by atoms with Gasteiger partial charge < -0.3 is 0 Å². The average molecular weight is 890 g/mol. The normalized spacial score (nSPS) is 15.5. The van der Waals surface area contributed by atoms with E-state index in [-0.39, 0.29) is 0 Å². The lowest BCUT2D eigenvalue weighted by molar-refractivity contribution is -0.162. The monoisotopic (exact) mass is 890 g/mol. The first kappa shape index (κ1) is 45.7. The predicted octanol–water partition coefficient (Wildman–Crippen LogP) is 10.1. The van der Waals surface area contributed by atoms with Crippen molar-refractivity contribution >= 4 is 16.7 Å². The van der Waals surface area contributed by atoms with Crippen LogP contribution >= 0.6 is 0 Å². The molecule has 60 heavy (non-hydrogen) atoms. The fourth-order valence-electron chi connectivity index (χ4n) is 5.07. The summed E-state index contributed by atoms with van der Waals surface area (Å²) in [5, 5.41) is 38.5. The Balaban J connectivity index is 2.54. The van der Waals surface area contributed by atoms with Gasteiger partial charge in [0.1, 0.15) is 29.8 Å². The maximum absolute atomic E-state index is 15.2. The van der Waals surface area contributed by atoms with Crippen LogP contribution in [0.25, 0.3) is 16.7 Å². The highest BCUT2D eigenvalue weighted by Gasteiger charge is 2.54. The van der Waals surface area contributed by atoms with E-state index >= 15 is 8.78 Å². The van der Waals surface area contributed by atoms with Gasteiger partial charge in [0.25, 0.3) is 0 Å². The Bertz CT molecular complexity index is 2410. The van der Waals surface area contributed by atoms with Crippen molar-refractivity contribution in [2.75, 3.05) is 0 Å². The van der Waals surface area contributed by atoms with Crippen LogP contribution in [-0.2, 0) is 37.1 Å². The molecule has 0 atom stereocenters. The third-order valence-electron chi connectivity index (χ3n) is 7.30. The van der Waals surface area contributed by atoms with Gasteiger partial charge in [-0.15, -0.1) is 0 Å². The molecule has 1 aliphatic rings. The molecule has 4 rings (SSSR count). The number of alkyl halides is 18. The lowest BCUT2D eigenvalue weighted by Crippen LogP contribution is -2.25. The van der Waals surface area contributed by atoms with Crippen LogP contribution in [0.3, 0.4) is 0 Å². The Hall–Kier alpha value is -6.98. The van der Waals surface area contributed by atoms with Crippen LogP contribution in [0.5, 0.6) is 0 Å². The molecule has 314 valence electrons. The van der Waals surface area contributed by atoms with Gasteiger partial charge in [-0.3, -0.25) is 0 Å². The zero-order valence-corrected chi connectivity index (χ0v) is 26.9. The van der Waals surface area contributed by atoms with Crippen molar-refractivity contribution in [1.29, 1.82) is 21.0 Å². The number of aromatic nitrogens is 4. The topological polar surface area (TPSA) is 147 Å². The summed E-state index contributed by atoms with van der Waals surface area (Å²) in [4.78, 5) is 7.51. The van der Waals surface area contributed by atoms with Crippen molar-refractivity contribution in [3.05, 3.63) is 96.7 Å². The standard InChI is InChI=1S/C30F22N8/c31-15-8(4-56)16(32)18(34)12(17(15)33)5(1-53)9-10(6(2-54)13-19(25(35,36)37)57-23(29(47,48)49)58-20(13)26(38,39)40)11(9)7(3-55)14-21(27(41,42)43)59-24(30(50,51)52)60-22(14)28(44,45)46/b10-6-,11-7-. The van der Waals surface area contributed by atoms with Gasteiger partial charge in [0.05, 0.1) is 33.4 Å². The molecular formula is C30F22N8. The quantitative estimate of drug-likeness (QED) is 0.144. The molecule has 0 amide bonds. The van der Waals surface area contributed by atoms with Gasteiger partial charge in [-0.05, 0) is 0 Å². The van der Waals surface area contributed by atoms with E-state index in [9.17, 15) is 104 Å². The first-order valence-corrected chi connectivity index (χ1v) is 14.1. The first-order chi connectivity index (χ1) is 27.1. The fraction of sp³-hybridized carbons (Fsp3) is 0.200. The largest absolute Gasteiger partial charge is 0.451 e. The third-order valence-corrected chi connectivity index (χ3v) is 7.30. The molecule has 0 unspecified atom stereocenters. The van der Waals surface area contributed by atoms with E-state index in [4.69, 9.17) is 5.26 Å².